The van der Waals surface area contributed by atoms with E-state index in [9.17, 15) is 10.1 Å². The Morgan fingerprint density at radius 2 is 2.19 bits per heavy atom. The van der Waals surface area contributed by atoms with Crippen molar-refractivity contribution < 1.29 is 4.92 Å². The van der Waals surface area contributed by atoms with Crippen molar-refractivity contribution in [3.8, 4) is 11.8 Å². The Hall–Kier alpha value is -2.02. The minimum atomic E-state index is -0.433. The normalized spacial score (nSPS) is 9.38. The molecule has 0 fully saturated rings. The highest BCUT2D eigenvalue weighted by Crippen LogP contribution is 2.23. The number of benzene rings is 1. The number of nitrogens with zero attached hydrogens (tertiary/aromatic N) is 1. The van der Waals surface area contributed by atoms with Crippen LogP contribution in [-0.2, 0) is 0 Å². The number of aryl methyl sites for hydroxylation is 1. The fraction of sp³-hybridized carbons (Fsp3) is 0.333. The Morgan fingerprint density at radius 3 is 2.75 bits per heavy atom. The molecule has 0 unspecified atom stereocenters. The van der Waals surface area contributed by atoms with Gasteiger partial charge < -0.3 is 5.73 Å². The molecule has 1 aromatic carbocycles. The molecule has 84 valence electrons. The molecule has 1 aromatic rings. The Bertz CT molecular complexity index is 470. The van der Waals surface area contributed by atoms with Gasteiger partial charge in [-0.15, -0.1) is 0 Å². The predicted molar refractivity (Wildman–Crippen MR) is 64.0 cm³/mol. The van der Waals surface area contributed by atoms with Gasteiger partial charge in [0.2, 0.25) is 0 Å². The SMILES string of the molecule is CCCC#Cc1cc([N+](=O)[O-])cc(C)c1N. The highest BCUT2D eigenvalue weighted by atomic mass is 16.6. The first-order valence-corrected chi connectivity index (χ1v) is 5.09. The molecule has 0 bridgehead atoms. The van der Waals surface area contributed by atoms with Crippen LogP contribution in [0.25, 0.3) is 0 Å². The largest absolute Gasteiger partial charge is 0.397 e. The van der Waals surface area contributed by atoms with Gasteiger partial charge in [0.05, 0.1) is 16.2 Å². The zero-order valence-corrected chi connectivity index (χ0v) is 9.41. The van der Waals surface area contributed by atoms with E-state index in [-0.39, 0.29) is 5.69 Å². The number of nitrogen functional groups attached to an aromatic ring is 1. The lowest BCUT2D eigenvalue weighted by atomic mass is 10.1. The highest BCUT2D eigenvalue weighted by Gasteiger charge is 2.10. The lowest BCUT2D eigenvalue weighted by Gasteiger charge is -2.02. The maximum Gasteiger partial charge on any atom is 0.271 e. The van der Waals surface area contributed by atoms with Gasteiger partial charge in [0.15, 0.2) is 0 Å². The number of nitrogens with two attached hydrogens (primary N) is 1. The molecule has 1 rings (SSSR count). The zero-order valence-electron chi connectivity index (χ0n) is 9.41. The molecule has 0 heterocycles. The van der Waals surface area contributed by atoms with Gasteiger partial charge in [-0.05, 0) is 18.9 Å². The summed E-state index contributed by atoms with van der Waals surface area (Å²) in [6.45, 7) is 3.77. The second-order valence-corrected chi connectivity index (χ2v) is 3.53. The molecule has 0 aromatic heterocycles. The summed E-state index contributed by atoms with van der Waals surface area (Å²) >= 11 is 0. The Kier molecular flexibility index (Phi) is 3.90. The number of rotatable bonds is 2. The highest BCUT2D eigenvalue weighted by molar-refractivity contribution is 5.64. The number of unbranched alkanes of at least 4 members (excludes halogenated alkanes) is 1. The minimum absolute atomic E-state index is 0.0347. The first kappa shape index (κ1) is 12.1. The van der Waals surface area contributed by atoms with E-state index in [1.807, 2.05) is 6.92 Å². The molecule has 4 nitrogen and oxygen atoms in total. The van der Waals surface area contributed by atoms with Crippen LogP contribution >= 0.6 is 0 Å². The van der Waals surface area contributed by atoms with Crippen molar-refractivity contribution in [2.75, 3.05) is 5.73 Å². The molecule has 2 N–H and O–H groups in total. The first-order valence-electron chi connectivity index (χ1n) is 5.09. The lowest BCUT2D eigenvalue weighted by molar-refractivity contribution is -0.384. The van der Waals surface area contributed by atoms with Crippen LogP contribution in [0.15, 0.2) is 12.1 Å². The molecule has 0 radical (unpaired) electrons. The fourth-order valence-electron chi connectivity index (χ4n) is 1.27. The van der Waals surface area contributed by atoms with E-state index in [4.69, 9.17) is 5.73 Å². The minimum Gasteiger partial charge on any atom is -0.397 e. The molecule has 0 aliphatic carbocycles. The van der Waals surface area contributed by atoms with E-state index in [0.29, 0.717) is 16.8 Å². The summed E-state index contributed by atoms with van der Waals surface area (Å²) in [6, 6.07) is 2.88. The molecule has 0 amide bonds. The molecular formula is C12H14N2O2. The molecule has 0 atom stereocenters. The summed E-state index contributed by atoms with van der Waals surface area (Å²) < 4.78 is 0. The molecular weight excluding hydrogens is 204 g/mol. The molecule has 0 aliphatic rings. The van der Waals surface area contributed by atoms with Crippen molar-refractivity contribution in [3.63, 3.8) is 0 Å². The summed E-state index contributed by atoms with van der Waals surface area (Å²) in [5, 5.41) is 10.7. The summed E-state index contributed by atoms with van der Waals surface area (Å²) in [5.41, 5.74) is 7.60. The number of anilines is 1. The van der Waals surface area contributed by atoms with Crippen LogP contribution in [0.3, 0.4) is 0 Å². The maximum absolute atomic E-state index is 10.7. The predicted octanol–water partition coefficient (Wildman–Crippen LogP) is 2.64. The summed E-state index contributed by atoms with van der Waals surface area (Å²) in [5.74, 6) is 5.80. The maximum atomic E-state index is 10.7. The van der Waals surface area contributed by atoms with Gasteiger partial charge in [-0.3, -0.25) is 10.1 Å². The van der Waals surface area contributed by atoms with E-state index in [2.05, 4.69) is 11.8 Å². The van der Waals surface area contributed by atoms with Crippen LogP contribution in [0, 0.1) is 28.9 Å². The van der Waals surface area contributed by atoms with Crippen molar-refractivity contribution in [2.45, 2.75) is 26.7 Å². The van der Waals surface area contributed by atoms with E-state index in [1.165, 1.54) is 12.1 Å². The van der Waals surface area contributed by atoms with Gasteiger partial charge in [-0.1, -0.05) is 18.8 Å². The molecule has 0 saturated heterocycles. The Balaban J connectivity index is 3.18. The third-order valence-corrected chi connectivity index (χ3v) is 2.18. The summed E-state index contributed by atoms with van der Waals surface area (Å²) in [4.78, 5) is 10.2. The van der Waals surface area contributed by atoms with Crippen molar-refractivity contribution in [1.29, 1.82) is 0 Å². The van der Waals surface area contributed by atoms with Crippen LogP contribution in [0.1, 0.15) is 30.9 Å². The van der Waals surface area contributed by atoms with Crippen molar-refractivity contribution in [1.82, 2.24) is 0 Å². The Morgan fingerprint density at radius 1 is 1.50 bits per heavy atom. The third kappa shape index (κ3) is 2.74. The average Bonchev–Trinajstić information content (AvgIpc) is 2.24. The third-order valence-electron chi connectivity index (χ3n) is 2.18. The first-order chi connectivity index (χ1) is 7.56. The quantitative estimate of drug-likeness (QED) is 0.359. The zero-order chi connectivity index (χ0) is 12.1. The molecule has 0 saturated carbocycles. The summed E-state index contributed by atoms with van der Waals surface area (Å²) in [7, 11) is 0. The molecule has 0 spiro atoms. The van der Waals surface area contributed by atoms with Gasteiger partial charge >= 0.3 is 0 Å². The average molecular weight is 218 g/mol. The topological polar surface area (TPSA) is 69.2 Å². The number of hydrogen-bond donors (Lipinski definition) is 1. The summed E-state index contributed by atoms with van der Waals surface area (Å²) in [6.07, 6.45) is 1.72. The number of nitro benzene ring substituents is 1. The van der Waals surface area contributed by atoms with Crippen LogP contribution in [0.2, 0.25) is 0 Å². The van der Waals surface area contributed by atoms with E-state index >= 15 is 0 Å². The van der Waals surface area contributed by atoms with Crippen molar-refractivity contribution in [2.24, 2.45) is 0 Å². The smallest absolute Gasteiger partial charge is 0.271 e. The lowest BCUT2D eigenvalue weighted by Crippen LogP contribution is -1.97. The molecule has 0 aliphatic heterocycles. The van der Waals surface area contributed by atoms with Crippen LogP contribution in [0.5, 0.6) is 0 Å². The van der Waals surface area contributed by atoms with Gasteiger partial charge in [0.25, 0.3) is 5.69 Å². The van der Waals surface area contributed by atoms with E-state index in [1.54, 1.807) is 6.92 Å². The van der Waals surface area contributed by atoms with Gasteiger partial charge in [-0.2, -0.15) is 0 Å². The van der Waals surface area contributed by atoms with Crippen LogP contribution < -0.4 is 5.73 Å². The number of nitro groups is 1. The number of non-ortho nitro benzene ring substituents is 1. The van der Waals surface area contributed by atoms with E-state index in [0.717, 1.165) is 12.8 Å². The monoisotopic (exact) mass is 218 g/mol. The molecule has 16 heavy (non-hydrogen) atoms. The second kappa shape index (κ2) is 5.17. The van der Waals surface area contributed by atoms with Crippen LogP contribution in [0.4, 0.5) is 11.4 Å². The van der Waals surface area contributed by atoms with Crippen molar-refractivity contribution >= 4 is 11.4 Å². The standard InChI is InChI=1S/C12H14N2O2/c1-3-4-5-6-10-8-11(14(15)16)7-9(2)12(10)13/h7-8H,3-4,13H2,1-2H3. The van der Waals surface area contributed by atoms with Gasteiger partial charge in [0.1, 0.15) is 0 Å². The van der Waals surface area contributed by atoms with Gasteiger partial charge in [0, 0.05) is 18.6 Å². The van der Waals surface area contributed by atoms with Gasteiger partial charge in [-0.25, -0.2) is 0 Å². The van der Waals surface area contributed by atoms with E-state index < -0.39 is 4.92 Å². The van der Waals surface area contributed by atoms with Crippen LogP contribution in [-0.4, -0.2) is 4.92 Å². The number of hydrogen-bond acceptors (Lipinski definition) is 3. The molecule has 4 heteroatoms. The second-order valence-electron chi connectivity index (χ2n) is 3.53. The fourth-order valence-corrected chi connectivity index (χ4v) is 1.27. The Labute approximate surface area is 94.6 Å². The van der Waals surface area contributed by atoms with Crippen molar-refractivity contribution in [3.05, 3.63) is 33.4 Å².